The Balaban J connectivity index is 1.62. The Kier molecular flexibility index (Phi) is 8.34. The highest BCUT2D eigenvalue weighted by molar-refractivity contribution is 5.93. The van der Waals surface area contributed by atoms with Crippen molar-refractivity contribution >= 4 is 29.9 Å². The monoisotopic (exact) mass is 461 g/mol. The number of carbonyl (C=O) groups excluding carboxylic acids is 1. The molecule has 1 aromatic heterocycles. The SMILES string of the molecule is CON1C=NC(=Nc2ccc(CC(=O)O)nc2C)CC1OC1CCN(C(=O)OC(C)C)CC1. The second-order valence-electron chi connectivity index (χ2n) is 8.21. The first kappa shape index (κ1) is 24.6. The van der Waals surface area contributed by atoms with E-state index in [0.717, 1.165) is 0 Å². The van der Waals surface area contributed by atoms with Crippen molar-refractivity contribution in [1.82, 2.24) is 14.9 Å². The van der Waals surface area contributed by atoms with Crippen LogP contribution < -0.4 is 0 Å². The molecule has 1 N–H and O–H groups in total. The van der Waals surface area contributed by atoms with Crippen LogP contribution in [0.4, 0.5) is 10.5 Å². The minimum absolute atomic E-state index is 0.0396. The Morgan fingerprint density at radius 1 is 1.27 bits per heavy atom. The zero-order valence-corrected chi connectivity index (χ0v) is 19.4. The van der Waals surface area contributed by atoms with Crippen molar-refractivity contribution < 1.29 is 29.0 Å². The van der Waals surface area contributed by atoms with Crippen molar-refractivity contribution in [2.45, 2.75) is 64.9 Å². The molecule has 1 fully saturated rings. The van der Waals surface area contributed by atoms with Gasteiger partial charge in [0.1, 0.15) is 12.2 Å². The average Bonchev–Trinajstić information content (AvgIpc) is 2.75. The normalized spacial score (nSPS) is 20.5. The molecular formula is C22H31N5O6. The van der Waals surface area contributed by atoms with E-state index in [4.69, 9.17) is 19.4 Å². The third-order valence-electron chi connectivity index (χ3n) is 5.26. The lowest BCUT2D eigenvalue weighted by atomic mass is 10.1. The van der Waals surface area contributed by atoms with E-state index in [0.29, 0.717) is 55.3 Å². The van der Waals surface area contributed by atoms with Gasteiger partial charge < -0.3 is 19.5 Å². The van der Waals surface area contributed by atoms with Gasteiger partial charge in [-0.25, -0.2) is 19.8 Å². The number of amidine groups is 1. The smallest absolute Gasteiger partial charge is 0.410 e. The lowest BCUT2D eigenvalue weighted by Gasteiger charge is -2.36. The van der Waals surface area contributed by atoms with Crippen LogP contribution in [-0.2, 0) is 25.5 Å². The van der Waals surface area contributed by atoms with Gasteiger partial charge in [0.2, 0.25) is 0 Å². The highest BCUT2D eigenvalue weighted by atomic mass is 16.7. The summed E-state index contributed by atoms with van der Waals surface area (Å²) in [5.74, 6) is -0.373. The molecule has 33 heavy (non-hydrogen) atoms. The zero-order valence-electron chi connectivity index (χ0n) is 19.4. The molecule has 180 valence electrons. The molecule has 1 unspecified atom stereocenters. The lowest BCUT2D eigenvalue weighted by molar-refractivity contribution is -0.204. The van der Waals surface area contributed by atoms with Crippen molar-refractivity contribution in [3.63, 3.8) is 0 Å². The molecule has 0 spiro atoms. The number of aromatic nitrogens is 1. The Morgan fingerprint density at radius 2 is 2.00 bits per heavy atom. The maximum absolute atomic E-state index is 12.1. The number of aliphatic carboxylic acids is 1. The largest absolute Gasteiger partial charge is 0.481 e. The first-order valence-electron chi connectivity index (χ1n) is 11.0. The molecule has 1 amide bonds. The molecule has 1 atom stereocenters. The molecule has 1 aromatic rings. The molecule has 0 radical (unpaired) electrons. The lowest BCUT2D eigenvalue weighted by Crippen LogP contribution is -2.46. The van der Waals surface area contributed by atoms with Gasteiger partial charge in [-0.05, 0) is 45.7 Å². The Hall–Kier alpha value is -3.05. The van der Waals surface area contributed by atoms with Gasteiger partial charge in [-0.3, -0.25) is 14.6 Å². The van der Waals surface area contributed by atoms with Crippen molar-refractivity contribution in [2.24, 2.45) is 9.98 Å². The van der Waals surface area contributed by atoms with E-state index < -0.39 is 12.2 Å². The number of carboxylic acid groups (broad SMARTS) is 1. The summed E-state index contributed by atoms with van der Waals surface area (Å²) in [4.78, 5) is 43.3. The van der Waals surface area contributed by atoms with Crippen LogP contribution in [0, 0.1) is 6.92 Å². The molecule has 2 aliphatic heterocycles. The summed E-state index contributed by atoms with van der Waals surface area (Å²) >= 11 is 0. The van der Waals surface area contributed by atoms with Crippen LogP contribution in [0.2, 0.25) is 0 Å². The van der Waals surface area contributed by atoms with Crippen LogP contribution >= 0.6 is 0 Å². The number of rotatable bonds is 7. The maximum Gasteiger partial charge on any atom is 0.410 e. The van der Waals surface area contributed by atoms with Crippen LogP contribution in [0.1, 0.15) is 44.5 Å². The van der Waals surface area contributed by atoms with E-state index in [1.54, 1.807) is 36.1 Å². The van der Waals surface area contributed by atoms with Gasteiger partial charge in [0.25, 0.3) is 0 Å². The molecule has 3 rings (SSSR count). The van der Waals surface area contributed by atoms with Gasteiger partial charge in [0, 0.05) is 13.1 Å². The summed E-state index contributed by atoms with van der Waals surface area (Å²) in [5, 5.41) is 10.5. The number of aryl methyl sites for hydroxylation is 1. The number of pyridine rings is 1. The Bertz CT molecular complexity index is 911. The number of likely N-dealkylation sites (tertiary alicyclic amines) is 1. The number of carboxylic acids is 1. The number of hydrogen-bond donors (Lipinski definition) is 1. The minimum atomic E-state index is -0.930. The third kappa shape index (κ3) is 6.96. The molecular weight excluding hydrogens is 430 g/mol. The maximum atomic E-state index is 12.1. The molecule has 1 saturated heterocycles. The highest BCUT2D eigenvalue weighted by Gasteiger charge is 2.30. The van der Waals surface area contributed by atoms with Crippen LogP contribution in [0.25, 0.3) is 0 Å². The van der Waals surface area contributed by atoms with Gasteiger partial charge in [0.05, 0.1) is 49.2 Å². The molecule has 0 bridgehead atoms. The quantitative estimate of drug-likeness (QED) is 0.657. The minimum Gasteiger partial charge on any atom is -0.481 e. The van der Waals surface area contributed by atoms with Gasteiger partial charge in [-0.1, -0.05) is 0 Å². The number of ether oxygens (including phenoxy) is 2. The van der Waals surface area contributed by atoms with E-state index in [1.165, 1.54) is 6.34 Å². The fraction of sp³-hybridized carbons (Fsp3) is 0.591. The number of nitrogens with zero attached hydrogens (tertiary/aromatic N) is 5. The molecule has 11 nitrogen and oxygen atoms in total. The topological polar surface area (TPSA) is 126 Å². The number of aliphatic imine (C=N–C) groups is 2. The summed E-state index contributed by atoms with van der Waals surface area (Å²) < 4.78 is 11.5. The summed E-state index contributed by atoms with van der Waals surface area (Å²) in [6.45, 7) is 6.58. The molecule has 0 saturated carbocycles. The fourth-order valence-corrected chi connectivity index (χ4v) is 3.63. The number of hydroxylamine groups is 2. The van der Waals surface area contributed by atoms with Gasteiger partial charge in [0.15, 0.2) is 6.23 Å². The number of amides is 1. The number of hydrogen-bond acceptors (Lipinski definition) is 8. The van der Waals surface area contributed by atoms with E-state index in [2.05, 4.69) is 15.0 Å². The van der Waals surface area contributed by atoms with E-state index in [9.17, 15) is 9.59 Å². The van der Waals surface area contributed by atoms with E-state index in [1.807, 2.05) is 13.8 Å². The molecule has 0 aliphatic carbocycles. The second-order valence-corrected chi connectivity index (χ2v) is 8.21. The third-order valence-corrected chi connectivity index (χ3v) is 5.26. The molecule has 3 heterocycles. The number of piperidine rings is 1. The Morgan fingerprint density at radius 3 is 2.61 bits per heavy atom. The van der Waals surface area contributed by atoms with Crippen LogP contribution in [0.3, 0.4) is 0 Å². The standard InChI is InChI=1S/C22H31N5O6/c1-14(2)32-22(30)26-9-7-17(8-10-26)33-20-12-19(23-13-27(20)31-4)25-18-6-5-16(11-21(28)29)24-15(18)3/h5-6,13-14,17,20H,7-12H2,1-4H3,(H,28,29). The van der Waals surface area contributed by atoms with Gasteiger partial charge in [-0.2, -0.15) is 0 Å². The highest BCUT2D eigenvalue weighted by Crippen LogP contribution is 2.24. The van der Waals surface area contributed by atoms with Crippen molar-refractivity contribution in [3.05, 3.63) is 23.5 Å². The summed E-state index contributed by atoms with van der Waals surface area (Å²) in [6, 6.07) is 3.40. The summed E-state index contributed by atoms with van der Waals surface area (Å²) in [7, 11) is 1.55. The van der Waals surface area contributed by atoms with Crippen LogP contribution in [-0.4, -0.2) is 82.9 Å². The van der Waals surface area contributed by atoms with Crippen molar-refractivity contribution in [1.29, 1.82) is 0 Å². The Labute approximate surface area is 193 Å². The van der Waals surface area contributed by atoms with Crippen LogP contribution in [0.15, 0.2) is 22.1 Å². The van der Waals surface area contributed by atoms with Crippen molar-refractivity contribution in [3.8, 4) is 0 Å². The van der Waals surface area contributed by atoms with E-state index >= 15 is 0 Å². The molecule has 2 aliphatic rings. The zero-order chi connectivity index (χ0) is 24.0. The first-order chi connectivity index (χ1) is 15.7. The van der Waals surface area contributed by atoms with Gasteiger partial charge >= 0.3 is 12.1 Å². The molecule has 0 aromatic carbocycles. The molecule has 11 heteroatoms. The summed E-state index contributed by atoms with van der Waals surface area (Å²) in [5.41, 5.74) is 1.73. The number of carbonyl (C=O) groups is 2. The predicted octanol–water partition coefficient (Wildman–Crippen LogP) is 2.69. The average molecular weight is 462 g/mol. The fourth-order valence-electron chi connectivity index (χ4n) is 3.63. The van der Waals surface area contributed by atoms with Crippen molar-refractivity contribution in [2.75, 3.05) is 20.2 Å². The van der Waals surface area contributed by atoms with E-state index in [-0.39, 0.29) is 24.7 Å². The summed E-state index contributed by atoms with van der Waals surface area (Å²) in [6.07, 6.45) is 2.29. The predicted molar refractivity (Wildman–Crippen MR) is 120 cm³/mol. The van der Waals surface area contributed by atoms with Crippen LogP contribution in [0.5, 0.6) is 0 Å². The first-order valence-corrected chi connectivity index (χ1v) is 11.0. The second kappa shape index (κ2) is 11.2. The van der Waals surface area contributed by atoms with Gasteiger partial charge in [-0.15, -0.1) is 0 Å².